The first-order valence-corrected chi connectivity index (χ1v) is 10.3. The molecule has 1 amide bonds. The summed E-state index contributed by atoms with van der Waals surface area (Å²) in [5.74, 6) is 1.88. The highest BCUT2D eigenvalue weighted by Crippen LogP contribution is 2.18. The molecule has 0 saturated carbocycles. The predicted octanol–water partition coefficient (Wildman–Crippen LogP) is 4.67. The summed E-state index contributed by atoms with van der Waals surface area (Å²) in [4.78, 5) is 12.4. The van der Waals surface area contributed by atoms with Crippen molar-refractivity contribution in [3.63, 3.8) is 0 Å². The average molecular weight is 437 g/mol. The number of carbonyl (C=O) groups is 1. The summed E-state index contributed by atoms with van der Waals surface area (Å²) in [7, 11) is 0. The first-order chi connectivity index (χ1) is 15.1. The lowest BCUT2D eigenvalue weighted by atomic mass is 10.2. The van der Waals surface area contributed by atoms with Crippen LogP contribution in [0.15, 0.2) is 78.9 Å². The number of anilines is 1. The minimum absolute atomic E-state index is 0.198. The minimum Gasteiger partial charge on any atom is -0.494 e. The largest absolute Gasteiger partial charge is 0.494 e. The van der Waals surface area contributed by atoms with Gasteiger partial charge in [0.1, 0.15) is 30.5 Å². The monoisotopic (exact) mass is 436 g/mol. The molecule has 0 atom stereocenters. The molecule has 0 heterocycles. The number of ether oxygens (including phenoxy) is 3. The van der Waals surface area contributed by atoms with Crippen molar-refractivity contribution in [3.8, 4) is 17.2 Å². The van der Waals surface area contributed by atoms with Gasteiger partial charge in [0.15, 0.2) is 5.11 Å². The van der Waals surface area contributed by atoms with Crippen LogP contribution >= 0.6 is 12.2 Å². The Morgan fingerprint density at radius 2 is 1.45 bits per heavy atom. The summed E-state index contributed by atoms with van der Waals surface area (Å²) >= 11 is 5.25. The fourth-order valence-corrected chi connectivity index (χ4v) is 2.92. The van der Waals surface area contributed by atoms with Crippen molar-refractivity contribution < 1.29 is 19.0 Å². The second-order valence-corrected chi connectivity index (χ2v) is 6.81. The number of hydrogen-bond acceptors (Lipinski definition) is 5. The van der Waals surface area contributed by atoms with Crippen molar-refractivity contribution in [2.75, 3.05) is 25.1 Å². The Kier molecular flexibility index (Phi) is 8.25. The van der Waals surface area contributed by atoms with Gasteiger partial charge in [-0.1, -0.05) is 24.3 Å². The second kappa shape index (κ2) is 11.6. The standard InChI is InChI=1S/C24H24N2O4S/c1-2-28-21-13-11-18(12-14-21)23(27)26-24(31)25-19-7-6-10-22(17-19)30-16-15-29-20-8-4-3-5-9-20/h3-14,17H,2,15-16H2,1H3,(H2,25,26,27,31). The van der Waals surface area contributed by atoms with Gasteiger partial charge >= 0.3 is 0 Å². The van der Waals surface area contributed by atoms with Crippen LogP contribution in [0.4, 0.5) is 5.69 Å². The highest BCUT2D eigenvalue weighted by molar-refractivity contribution is 7.80. The predicted molar refractivity (Wildman–Crippen MR) is 125 cm³/mol. The lowest BCUT2D eigenvalue weighted by molar-refractivity contribution is 0.0977. The zero-order valence-corrected chi connectivity index (χ0v) is 18.0. The van der Waals surface area contributed by atoms with Gasteiger partial charge < -0.3 is 19.5 Å². The minimum atomic E-state index is -0.300. The molecule has 3 aromatic carbocycles. The first kappa shape index (κ1) is 22.1. The van der Waals surface area contributed by atoms with Crippen molar-refractivity contribution in [1.82, 2.24) is 5.32 Å². The lowest BCUT2D eigenvalue weighted by Crippen LogP contribution is -2.34. The summed E-state index contributed by atoms with van der Waals surface area (Å²) in [6, 6.07) is 23.8. The number of benzene rings is 3. The summed E-state index contributed by atoms with van der Waals surface area (Å²) in [6.07, 6.45) is 0. The SMILES string of the molecule is CCOc1ccc(C(=O)NC(=S)Nc2cccc(OCCOc3ccccc3)c2)cc1. The van der Waals surface area contributed by atoms with Crippen LogP contribution in [0.2, 0.25) is 0 Å². The van der Waals surface area contributed by atoms with Crippen LogP contribution in [0.5, 0.6) is 17.2 Å². The molecule has 6 nitrogen and oxygen atoms in total. The van der Waals surface area contributed by atoms with E-state index >= 15 is 0 Å². The van der Waals surface area contributed by atoms with Crippen molar-refractivity contribution in [2.24, 2.45) is 0 Å². The van der Waals surface area contributed by atoms with E-state index in [0.29, 0.717) is 42.6 Å². The van der Waals surface area contributed by atoms with Gasteiger partial charge in [0, 0.05) is 17.3 Å². The summed E-state index contributed by atoms with van der Waals surface area (Å²) in [5, 5.41) is 5.86. The normalized spacial score (nSPS) is 10.1. The van der Waals surface area contributed by atoms with Gasteiger partial charge in [-0.3, -0.25) is 10.1 Å². The second-order valence-electron chi connectivity index (χ2n) is 6.40. The van der Waals surface area contributed by atoms with Crippen LogP contribution in [-0.2, 0) is 0 Å². The molecule has 0 spiro atoms. The zero-order chi connectivity index (χ0) is 21.9. The topological polar surface area (TPSA) is 68.8 Å². The Balaban J connectivity index is 1.45. The van der Waals surface area contributed by atoms with E-state index in [9.17, 15) is 4.79 Å². The van der Waals surface area contributed by atoms with Crippen LogP contribution in [0.1, 0.15) is 17.3 Å². The van der Waals surface area contributed by atoms with E-state index < -0.39 is 0 Å². The molecule has 0 aliphatic heterocycles. The Hall–Kier alpha value is -3.58. The quantitative estimate of drug-likeness (QED) is 0.375. The Morgan fingerprint density at radius 1 is 0.806 bits per heavy atom. The van der Waals surface area contributed by atoms with Crippen molar-refractivity contribution in [3.05, 3.63) is 84.4 Å². The third-order valence-corrected chi connectivity index (χ3v) is 4.31. The Labute approximate surface area is 187 Å². The summed E-state index contributed by atoms with van der Waals surface area (Å²) in [6.45, 7) is 3.31. The molecule has 0 aromatic heterocycles. The van der Waals surface area contributed by atoms with Crippen LogP contribution in [0.25, 0.3) is 0 Å². The number of para-hydroxylation sites is 1. The smallest absolute Gasteiger partial charge is 0.257 e. The maximum atomic E-state index is 12.4. The molecule has 0 unspecified atom stereocenters. The van der Waals surface area contributed by atoms with Gasteiger partial charge in [0.05, 0.1) is 6.61 Å². The Morgan fingerprint density at radius 3 is 2.16 bits per heavy atom. The lowest BCUT2D eigenvalue weighted by Gasteiger charge is -2.12. The van der Waals surface area contributed by atoms with Crippen molar-refractivity contribution in [2.45, 2.75) is 6.92 Å². The van der Waals surface area contributed by atoms with E-state index in [1.54, 1.807) is 30.3 Å². The molecule has 160 valence electrons. The molecule has 0 radical (unpaired) electrons. The van der Waals surface area contributed by atoms with Gasteiger partial charge in [-0.2, -0.15) is 0 Å². The van der Waals surface area contributed by atoms with Crippen molar-refractivity contribution >= 4 is 28.9 Å². The summed E-state index contributed by atoms with van der Waals surface area (Å²) in [5.41, 5.74) is 1.20. The highest BCUT2D eigenvalue weighted by Gasteiger charge is 2.09. The maximum Gasteiger partial charge on any atom is 0.257 e. The highest BCUT2D eigenvalue weighted by atomic mass is 32.1. The van der Waals surface area contributed by atoms with Crippen LogP contribution in [0, 0.1) is 0 Å². The molecule has 3 rings (SSSR count). The van der Waals surface area contributed by atoms with Gasteiger partial charge in [-0.05, 0) is 67.7 Å². The molecular formula is C24H24N2O4S. The Bertz CT molecular complexity index is 994. The molecular weight excluding hydrogens is 412 g/mol. The van der Waals surface area contributed by atoms with Gasteiger partial charge in [0.2, 0.25) is 0 Å². The third-order valence-electron chi connectivity index (χ3n) is 4.11. The van der Waals surface area contributed by atoms with Gasteiger partial charge in [0.25, 0.3) is 5.91 Å². The molecule has 0 saturated heterocycles. The van der Waals surface area contributed by atoms with Crippen molar-refractivity contribution in [1.29, 1.82) is 0 Å². The fraction of sp³-hybridized carbons (Fsp3) is 0.167. The molecule has 7 heteroatoms. The van der Waals surface area contributed by atoms with E-state index in [-0.39, 0.29) is 11.0 Å². The number of thiocarbonyl (C=S) groups is 1. The van der Waals surface area contributed by atoms with E-state index in [0.717, 1.165) is 5.75 Å². The zero-order valence-electron chi connectivity index (χ0n) is 17.2. The molecule has 0 bridgehead atoms. The molecule has 2 N–H and O–H groups in total. The molecule has 0 aliphatic carbocycles. The fourth-order valence-electron chi connectivity index (χ4n) is 2.71. The molecule has 0 aliphatic rings. The van der Waals surface area contributed by atoms with Crippen LogP contribution in [-0.4, -0.2) is 30.8 Å². The van der Waals surface area contributed by atoms with Gasteiger partial charge in [-0.25, -0.2) is 0 Å². The first-order valence-electron chi connectivity index (χ1n) is 9.90. The van der Waals surface area contributed by atoms with Crippen LogP contribution < -0.4 is 24.8 Å². The van der Waals surface area contributed by atoms with Crippen LogP contribution in [0.3, 0.4) is 0 Å². The number of amides is 1. The molecule has 31 heavy (non-hydrogen) atoms. The van der Waals surface area contributed by atoms with E-state index in [1.807, 2.05) is 55.5 Å². The number of hydrogen-bond donors (Lipinski definition) is 2. The van der Waals surface area contributed by atoms with Gasteiger partial charge in [-0.15, -0.1) is 0 Å². The molecule has 0 fully saturated rings. The third kappa shape index (κ3) is 7.31. The van der Waals surface area contributed by atoms with E-state index in [1.165, 1.54) is 0 Å². The maximum absolute atomic E-state index is 12.4. The number of rotatable bonds is 9. The number of nitrogens with one attached hydrogen (secondary N) is 2. The molecule has 3 aromatic rings. The van der Waals surface area contributed by atoms with E-state index in [4.69, 9.17) is 26.4 Å². The average Bonchev–Trinajstić information content (AvgIpc) is 2.78. The van der Waals surface area contributed by atoms with E-state index in [2.05, 4.69) is 10.6 Å². The number of carbonyl (C=O) groups excluding carboxylic acids is 1. The summed E-state index contributed by atoms with van der Waals surface area (Å²) < 4.78 is 16.7.